The van der Waals surface area contributed by atoms with Crippen molar-refractivity contribution in [1.82, 2.24) is 10.6 Å². The number of fused-ring (bicyclic) bond motifs is 1. The standard InChI is InChI=1S/C15H16N2O3/c18-14-6-5-12(17-14)15(19)16-8-7-11-9-10-3-1-2-4-13(10)20-11/h1-4,9,12H,5-8H2,(H,16,19)(H,17,18)/t12-/m1/s1. The summed E-state index contributed by atoms with van der Waals surface area (Å²) in [5.74, 6) is 0.677. The number of benzene rings is 1. The lowest BCUT2D eigenvalue weighted by molar-refractivity contribution is -0.125. The maximum absolute atomic E-state index is 11.8. The van der Waals surface area contributed by atoms with Crippen LogP contribution in [0.25, 0.3) is 11.0 Å². The fraction of sp³-hybridized carbons (Fsp3) is 0.333. The molecule has 3 rings (SSSR count). The van der Waals surface area contributed by atoms with Gasteiger partial charge in [-0.25, -0.2) is 0 Å². The highest BCUT2D eigenvalue weighted by molar-refractivity contribution is 5.90. The van der Waals surface area contributed by atoms with Gasteiger partial charge in [0.2, 0.25) is 11.8 Å². The number of carbonyl (C=O) groups is 2. The minimum atomic E-state index is -0.377. The van der Waals surface area contributed by atoms with E-state index in [0.717, 1.165) is 16.7 Å². The van der Waals surface area contributed by atoms with Crippen molar-refractivity contribution < 1.29 is 14.0 Å². The maximum atomic E-state index is 11.8. The summed E-state index contributed by atoms with van der Waals surface area (Å²) in [4.78, 5) is 22.8. The van der Waals surface area contributed by atoms with E-state index in [0.29, 0.717) is 25.8 Å². The minimum Gasteiger partial charge on any atom is -0.461 e. The van der Waals surface area contributed by atoms with Crippen LogP contribution in [0.2, 0.25) is 0 Å². The molecule has 0 unspecified atom stereocenters. The van der Waals surface area contributed by atoms with E-state index in [2.05, 4.69) is 10.6 Å². The number of carbonyl (C=O) groups excluding carboxylic acids is 2. The molecule has 0 bridgehead atoms. The molecule has 0 aliphatic carbocycles. The van der Waals surface area contributed by atoms with Gasteiger partial charge < -0.3 is 15.1 Å². The van der Waals surface area contributed by atoms with Gasteiger partial charge in [0.25, 0.3) is 0 Å². The van der Waals surface area contributed by atoms with Gasteiger partial charge in [-0.2, -0.15) is 0 Å². The smallest absolute Gasteiger partial charge is 0.242 e. The summed E-state index contributed by atoms with van der Waals surface area (Å²) < 4.78 is 5.67. The first-order chi connectivity index (χ1) is 9.72. The van der Waals surface area contributed by atoms with Gasteiger partial charge in [0, 0.05) is 24.8 Å². The van der Waals surface area contributed by atoms with Crippen molar-refractivity contribution in [2.24, 2.45) is 0 Å². The molecule has 0 radical (unpaired) electrons. The van der Waals surface area contributed by atoms with Gasteiger partial charge in [0.15, 0.2) is 0 Å². The average Bonchev–Trinajstić information content (AvgIpc) is 3.04. The van der Waals surface area contributed by atoms with Crippen LogP contribution in [0, 0.1) is 0 Å². The summed E-state index contributed by atoms with van der Waals surface area (Å²) in [5, 5.41) is 6.54. The molecule has 1 fully saturated rings. The zero-order chi connectivity index (χ0) is 13.9. The fourth-order valence-corrected chi connectivity index (χ4v) is 2.40. The van der Waals surface area contributed by atoms with Gasteiger partial charge in [0.05, 0.1) is 0 Å². The first-order valence-electron chi connectivity index (χ1n) is 6.77. The summed E-state index contributed by atoms with van der Waals surface area (Å²) in [6, 6.07) is 9.42. The lowest BCUT2D eigenvalue weighted by atomic mass is 10.2. The Bertz CT molecular complexity index is 614. The highest BCUT2D eigenvalue weighted by Gasteiger charge is 2.26. The predicted molar refractivity (Wildman–Crippen MR) is 74.1 cm³/mol. The van der Waals surface area contributed by atoms with E-state index in [4.69, 9.17) is 4.42 Å². The number of rotatable bonds is 4. The molecule has 2 N–H and O–H groups in total. The molecule has 20 heavy (non-hydrogen) atoms. The molecule has 0 saturated carbocycles. The second-order valence-electron chi connectivity index (χ2n) is 4.95. The van der Waals surface area contributed by atoms with E-state index in [-0.39, 0.29) is 17.9 Å². The molecule has 5 heteroatoms. The Morgan fingerprint density at radius 1 is 1.40 bits per heavy atom. The Morgan fingerprint density at radius 2 is 2.25 bits per heavy atom. The van der Waals surface area contributed by atoms with Crippen molar-refractivity contribution in [3.63, 3.8) is 0 Å². The summed E-state index contributed by atoms with van der Waals surface area (Å²) in [6.07, 6.45) is 1.65. The quantitative estimate of drug-likeness (QED) is 0.883. The largest absolute Gasteiger partial charge is 0.461 e. The van der Waals surface area contributed by atoms with E-state index in [1.165, 1.54) is 0 Å². The van der Waals surface area contributed by atoms with Gasteiger partial charge in [-0.05, 0) is 18.6 Å². The molecule has 104 valence electrons. The maximum Gasteiger partial charge on any atom is 0.242 e. The van der Waals surface area contributed by atoms with E-state index in [9.17, 15) is 9.59 Å². The Balaban J connectivity index is 1.52. The van der Waals surface area contributed by atoms with Crippen molar-refractivity contribution in [3.05, 3.63) is 36.1 Å². The summed E-state index contributed by atoms with van der Waals surface area (Å²) in [6.45, 7) is 0.505. The molecule has 1 aromatic carbocycles. The predicted octanol–water partition coefficient (Wildman–Crippen LogP) is 1.37. The molecule has 1 aliphatic heterocycles. The van der Waals surface area contributed by atoms with Crippen LogP contribution in [0.3, 0.4) is 0 Å². The van der Waals surface area contributed by atoms with Crippen LogP contribution >= 0.6 is 0 Å². The normalized spacial score (nSPS) is 18.2. The molecule has 1 saturated heterocycles. The molecule has 1 atom stereocenters. The zero-order valence-corrected chi connectivity index (χ0v) is 11.0. The van der Waals surface area contributed by atoms with Gasteiger partial charge in [-0.15, -0.1) is 0 Å². The fourth-order valence-electron chi connectivity index (χ4n) is 2.40. The van der Waals surface area contributed by atoms with Crippen LogP contribution in [0.15, 0.2) is 34.7 Å². The first kappa shape index (κ1) is 12.7. The van der Waals surface area contributed by atoms with Gasteiger partial charge >= 0.3 is 0 Å². The van der Waals surface area contributed by atoms with Crippen LogP contribution < -0.4 is 10.6 Å². The van der Waals surface area contributed by atoms with Gasteiger partial charge in [-0.3, -0.25) is 9.59 Å². The van der Waals surface area contributed by atoms with Crippen LogP contribution in [0.4, 0.5) is 0 Å². The molecular formula is C15H16N2O3. The lowest BCUT2D eigenvalue weighted by Gasteiger charge is -2.09. The third kappa shape index (κ3) is 2.66. The third-order valence-corrected chi connectivity index (χ3v) is 3.46. The second kappa shape index (κ2) is 5.36. The molecular weight excluding hydrogens is 256 g/mol. The number of furan rings is 1. The molecule has 0 spiro atoms. The first-order valence-corrected chi connectivity index (χ1v) is 6.77. The van der Waals surface area contributed by atoms with Crippen molar-refractivity contribution >= 4 is 22.8 Å². The number of nitrogens with one attached hydrogen (secondary N) is 2. The number of para-hydroxylation sites is 1. The van der Waals surface area contributed by atoms with E-state index >= 15 is 0 Å². The van der Waals surface area contributed by atoms with Crippen LogP contribution in [0.5, 0.6) is 0 Å². The summed E-state index contributed by atoms with van der Waals surface area (Å²) in [7, 11) is 0. The van der Waals surface area contributed by atoms with Crippen molar-refractivity contribution in [2.75, 3.05) is 6.54 Å². The monoisotopic (exact) mass is 272 g/mol. The van der Waals surface area contributed by atoms with Crippen molar-refractivity contribution in [1.29, 1.82) is 0 Å². The van der Waals surface area contributed by atoms with Crippen LogP contribution in [-0.4, -0.2) is 24.4 Å². The highest BCUT2D eigenvalue weighted by Crippen LogP contribution is 2.18. The molecule has 2 heterocycles. The third-order valence-electron chi connectivity index (χ3n) is 3.46. The van der Waals surface area contributed by atoms with Gasteiger partial charge in [-0.1, -0.05) is 18.2 Å². The Morgan fingerprint density at radius 3 is 3.00 bits per heavy atom. The lowest BCUT2D eigenvalue weighted by Crippen LogP contribution is -2.42. The summed E-state index contributed by atoms with van der Waals surface area (Å²) in [5.41, 5.74) is 0.858. The van der Waals surface area contributed by atoms with E-state index in [1.807, 2.05) is 30.3 Å². The molecule has 1 aliphatic rings. The van der Waals surface area contributed by atoms with Crippen LogP contribution in [-0.2, 0) is 16.0 Å². The Hall–Kier alpha value is -2.30. The second-order valence-corrected chi connectivity index (χ2v) is 4.95. The van der Waals surface area contributed by atoms with Gasteiger partial charge in [0.1, 0.15) is 17.4 Å². The van der Waals surface area contributed by atoms with E-state index in [1.54, 1.807) is 0 Å². The van der Waals surface area contributed by atoms with Crippen molar-refractivity contribution in [2.45, 2.75) is 25.3 Å². The Kier molecular flexibility index (Phi) is 3.41. The molecule has 2 amide bonds. The summed E-state index contributed by atoms with van der Waals surface area (Å²) >= 11 is 0. The molecule has 1 aromatic heterocycles. The number of hydrogen-bond donors (Lipinski definition) is 2. The van der Waals surface area contributed by atoms with Crippen molar-refractivity contribution in [3.8, 4) is 0 Å². The highest BCUT2D eigenvalue weighted by atomic mass is 16.3. The Labute approximate surface area is 116 Å². The molecule has 2 aromatic rings. The van der Waals surface area contributed by atoms with E-state index < -0.39 is 0 Å². The number of amides is 2. The zero-order valence-electron chi connectivity index (χ0n) is 11.0. The SMILES string of the molecule is O=C1CC[C@H](C(=O)NCCc2cc3ccccc3o2)N1. The molecule has 5 nitrogen and oxygen atoms in total. The van der Waals surface area contributed by atoms with Crippen LogP contribution in [0.1, 0.15) is 18.6 Å². The average molecular weight is 272 g/mol. The minimum absolute atomic E-state index is 0.0533. The number of hydrogen-bond acceptors (Lipinski definition) is 3. The topological polar surface area (TPSA) is 71.3 Å².